The molecule has 2 heterocycles. The molecule has 0 atom stereocenters. The number of nitrogens with zero attached hydrogens (tertiary/aromatic N) is 3. The second kappa shape index (κ2) is 13.6. The van der Waals surface area contributed by atoms with Crippen molar-refractivity contribution in [3.63, 3.8) is 0 Å². The van der Waals surface area contributed by atoms with Crippen molar-refractivity contribution < 1.29 is 4.74 Å². The van der Waals surface area contributed by atoms with Gasteiger partial charge in [-0.1, -0.05) is 176 Å². The van der Waals surface area contributed by atoms with Gasteiger partial charge in [0.2, 0.25) is 0 Å². The molecular weight excluding hydrogens is 695 g/mol. The van der Waals surface area contributed by atoms with E-state index in [0.29, 0.717) is 17.5 Å². The van der Waals surface area contributed by atoms with Crippen molar-refractivity contribution in [2.45, 2.75) is 0 Å². The first-order valence-corrected chi connectivity index (χ1v) is 19.2. The van der Waals surface area contributed by atoms with Crippen LogP contribution < -0.4 is 4.74 Å². The summed E-state index contributed by atoms with van der Waals surface area (Å²) in [4.78, 5) is 15.1. The summed E-state index contributed by atoms with van der Waals surface area (Å²) in [5.41, 5.74) is 12.1. The van der Waals surface area contributed by atoms with Gasteiger partial charge < -0.3 is 4.74 Å². The van der Waals surface area contributed by atoms with E-state index in [1.807, 2.05) is 60.7 Å². The van der Waals surface area contributed by atoms with Crippen molar-refractivity contribution in [1.29, 1.82) is 0 Å². The molecule has 4 nitrogen and oxygen atoms in total. The maximum Gasteiger partial charge on any atom is 0.164 e. The van der Waals surface area contributed by atoms with E-state index in [4.69, 9.17) is 19.7 Å². The van der Waals surface area contributed by atoms with Gasteiger partial charge in [0.25, 0.3) is 0 Å². The number of fused-ring (bicyclic) bond motifs is 3. The minimum absolute atomic E-state index is 0.637. The van der Waals surface area contributed by atoms with Crippen LogP contribution in [0.4, 0.5) is 0 Å². The number of aromatic nitrogens is 3. The van der Waals surface area contributed by atoms with Gasteiger partial charge >= 0.3 is 0 Å². The number of rotatable bonds is 6. The van der Waals surface area contributed by atoms with Crippen molar-refractivity contribution in [1.82, 2.24) is 15.0 Å². The maximum atomic E-state index is 6.79. The van der Waals surface area contributed by atoms with Crippen LogP contribution in [0.3, 0.4) is 0 Å². The molecule has 0 fully saturated rings. The van der Waals surface area contributed by atoms with Crippen LogP contribution in [0.2, 0.25) is 0 Å². The van der Waals surface area contributed by atoms with Crippen molar-refractivity contribution in [2.24, 2.45) is 0 Å². The summed E-state index contributed by atoms with van der Waals surface area (Å²) in [7, 11) is 0. The number of hydrogen-bond acceptors (Lipinski definition) is 4. The van der Waals surface area contributed by atoms with Crippen molar-refractivity contribution >= 4 is 21.5 Å². The molecule has 0 aliphatic carbocycles. The molecule has 0 bridgehead atoms. The largest absolute Gasteiger partial charge is 0.456 e. The molecule has 266 valence electrons. The number of ether oxygens (including phenoxy) is 1. The summed E-state index contributed by atoms with van der Waals surface area (Å²) in [6.45, 7) is 0. The molecule has 0 saturated heterocycles. The van der Waals surface area contributed by atoms with Crippen LogP contribution >= 0.6 is 0 Å². The molecule has 1 aromatic heterocycles. The smallest absolute Gasteiger partial charge is 0.164 e. The molecule has 0 N–H and O–H groups in total. The fourth-order valence-corrected chi connectivity index (χ4v) is 8.30. The van der Waals surface area contributed by atoms with E-state index in [0.717, 1.165) is 72.0 Å². The zero-order valence-corrected chi connectivity index (χ0v) is 30.8. The average molecular weight is 728 g/mol. The van der Waals surface area contributed by atoms with E-state index in [2.05, 4.69) is 140 Å². The Labute approximate surface area is 330 Å². The molecule has 9 aromatic carbocycles. The van der Waals surface area contributed by atoms with Gasteiger partial charge in [0.15, 0.2) is 17.5 Å². The van der Waals surface area contributed by atoms with Crippen molar-refractivity contribution in [2.75, 3.05) is 0 Å². The van der Waals surface area contributed by atoms with Gasteiger partial charge in [0.05, 0.1) is 0 Å². The zero-order chi connectivity index (χ0) is 37.7. The highest BCUT2D eigenvalue weighted by Gasteiger charge is 2.24. The predicted molar refractivity (Wildman–Crippen MR) is 233 cm³/mol. The molecule has 0 unspecified atom stereocenters. The Bertz CT molecular complexity index is 3080. The van der Waals surface area contributed by atoms with Crippen LogP contribution in [0.25, 0.3) is 100 Å². The molecule has 0 saturated carbocycles. The molecule has 10 aromatic rings. The molecule has 57 heavy (non-hydrogen) atoms. The lowest BCUT2D eigenvalue weighted by molar-refractivity contribution is 0.487. The Morgan fingerprint density at radius 2 is 0.737 bits per heavy atom. The Balaban J connectivity index is 1.03. The van der Waals surface area contributed by atoms with Gasteiger partial charge in [-0.05, 0) is 79.4 Å². The molecule has 1 aliphatic rings. The Morgan fingerprint density at radius 3 is 1.42 bits per heavy atom. The first-order valence-electron chi connectivity index (χ1n) is 19.2. The summed E-state index contributed by atoms with van der Waals surface area (Å²) in [5.74, 6) is 3.64. The lowest BCUT2D eigenvalue weighted by Crippen LogP contribution is -2.01. The van der Waals surface area contributed by atoms with E-state index >= 15 is 0 Å². The third-order valence-electron chi connectivity index (χ3n) is 11.0. The van der Waals surface area contributed by atoms with Crippen LogP contribution in [-0.4, -0.2) is 15.0 Å². The normalized spacial score (nSPS) is 11.6. The first kappa shape index (κ1) is 32.7. The van der Waals surface area contributed by atoms with Gasteiger partial charge in [-0.3, -0.25) is 0 Å². The Kier molecular flexibility index (Phi) is 7.78. The average Bonchev–Trinajstić information content (AvgIpc) is 3.29. The van der Waals surface area contributed by atoms with E-state index < -0.39 is 0 Å². The summed E-state index contributed by atoms with van der Waals surface area (Å²) in [5, 5.41) is 4.46. The molecule has 0 radical (unpaired) electrons. The molecule has 0 amide bonds. The maximum absolute atomic E-state index is 6.79. The van der Waals surface area contributed by atoms with E-state index in [-0.39, 0.29) is 0 Å². The summed E-state index contributed by atoms with van der Waals surface area (Å²) in [6.07, 6.45) is 0. The molecule has 11 rings (SSSR count). The van der Waals surface area contributed by atoms with Gasteiger partial charge in [-0.15, -0.1) is 0 Å². The van der Waals surface area contributed by atoms with Gasteiger partial charge in [0.1, 0.15) is 11.5 Å². The van der Waals surface area contributed by atoms with Crippen LogP contribution in [0.1, 0.15) is 0 Å². The number of hydrogen-bond donors (Lipinski definition) is 0. The van der Waals surface area contributed by atoms with Crippen molar-refractivity contribution in [3.05, 3.63) is 200 Å². The van der Waals surface area contributed by atoms with E-state index in [1.165, 1.54) is 22.3 Å². The highest BCUT2D eigenvalue weighted by Crippen LogP contribution is 2.50. The van der Waals surface area contributed by atoms with E-state index in [9.17, 15) is 0 Å². The Morgan fingerprint density at radius 1 is 0.263 bits per heavy atom. The SMILES string of the molecule is c1ccc(-c2nc(-c3ccccc3)nc(-c3ccc(-c4ccc5c6c(cccc46)-c4ccc(-c6ccccc6-c6ccccc6)cc4O5)c4ccccc34)n2)cc1. The number of benzene rings is 9. The third kappa shape index (κ3) is 5.66. The van der Waals surface area contributed by atoms with Crippen LogP contribution in [0, 0.1) is 0 Å². The molecule has 4 heteroatoms. The van der Waals surface area contributed by atoms with Crippen LogP contribution in [0.5, 0.6) is 11.5 Å². The van der Waals surface area contributed by atoms with Gasteiger partial charge in [-0.25, -0.2) is 15.0 Å². The quantitative estimate of drug-likeness (QED) is 0.171. The Hall–Kier alpha value is -7.69. The standard InChI is InChI=1S/C53H33N3O/c1-4-15-34(16-5-1)38-21-10-11-22-39(38)37-27-28-44-46-26-14-25-45-43(31-32-48(50(45)46)57-49(44)33-37)42-29-30-47(41-24-13-12-23-40(41)42)53-55-51(35-17-6-2-7-18-35)54-52(56-53)36-19-8-3-9-20-36/h1-33H. The van der Waals surface area contributed by atoms with Gasteiger partial charge in [0, 0.05) is 27.6 Å². The van der Waals surface area contributed by atoms with Crippen LogP contribution in [0.15, 0.2) is 200 Å². The second-order valence-electron chi connectivity index (χ2n) is 14.3. The van der Waals surface area contributed by atoms with Gasteiger partial charge in [-0.2, -0.15) is 0 Å². The van der Waals surface area contributed by atoms with Crippen molar-refractivity contribution in [3.8, 4) is 90.2 Å². The molecular formula is C53H33N3O. The molecule has 0 spiro atoms. The predicted octanol–water partition coefficient (Wildman–Crippen LogP) is 14.0. The second-order valence-corrected chi connectivity index (χ2v) is 14.3. The van der Waals surface area contributed by atoms with E-state index in [1.54, 1.807) is 0 Å². The molecule has 1 aliphatic heterocycles. The summed E-state index contributed by atoms with van der Waals surface area (Å²) < 4.78 is 6.79. The summed E-state index contributed by atoms with van der Waals surface area (Å²) in [6, 6.07) is 69.8. The first-order chi connectivity index (χ1) is 28.3. The highest BCUT2D eigenvalue weighted by molar-refractivity contribution is 6.14. The third-order valence-corrected chi connectivity index (χ3v) is 11.0. The highest BCUT2D eigenvalue weighted by atomic mass is 16.5. The lowest BCUT2D eigenvalue weighted by Gasteiger charge is -2.24. The fourth-order valence-electron chi connectivity index (χ4n) is 8.30. The zero-order valence-electron chi connectivity index (χ0n) is 30.8. The topological polar surface area (TPSA) is 47.9 Å². The fraction of sp³-hybridized carbons (Fsp3) is 0. The monoisotopic (exact) mass is 727 g/mol. The summed E-state index contributed by atoms with van der Waals surface area (Å²) >= 11 is 0. The minimum atomic E-state index is 0.637. The lowest BCUT2D eigenvalue weighted by atomic mass is 9.87. The minimum Gasteiger partial charge on any atom is -0.456 e. The van der Waals surface area contributed by atoms with Crippen LogP contribution in [-0.2, 0) is 0 Å².